The van der Waals surface area contributed by atoms with E-state index in [0.717, 1.165) is 0 Å². The predicted molar refractivity (Wildman–Crippen MR) is 69.5 cm³/mol. The zero-order valence-electron chi connectivity index (χ0n) is 10.5. The lowest BCUT2D eigenvalue weighted by atomic mass is 10.1. The van der Waals surface area contributed by atoms with Crippen molar-refractivity contribution in [2.24, 2.45) is 0 Å². The topological polar surface area (TPSA) is 38.7 Å². The smallest absolute Gasteiger partial charge is 0.411 e. The fourth-order valence-electron chi connectivity index (χ4n) is 1.49. The van der Waals surface area contributed by atoms with Gasteiger partial charge >= 0.3 is 6.18 Å². The molecule has 20 heavy (non-hydrogen) atoms. The van der Waals surface area contributed by atoms with Crippen molar-refractivity contribution in [2.45, 2.75) is 18.7 Å². The Hall–Kier alpha value is -0.690. The fraction of sp³-hybridized carbons (Fsp3) is 0.500. The van der Waals surface area contributed by atoms with E-state index in [9.17, 15) is 18.3 Å². The van der Waals surface area contributed by atoms with E-state index in [4.69, 9.17) is 27.9 Å². The van der Waals surface area contributed by atoms with Gasteiger partial charge in [0.1, 0.15) is 12.4 Å². The van der Waals surface area contributed by atoms with Crippen LogP contribution in [0.1, 0.15) is 18.1 Å². The van der Waals surface area contributed by atoms with E-state index in [2.05, 4.69) is 4.74 Å². The van der Waals surface area contributed by atoms with Crippen molar-refractivity contribution in [3.8, 4) is 5.75 Å². The number of halogens is 5. The first-order valence-electron chi connectivity index (χ1n) is 5.60. The zero-order valence-corrected chi connectivity index (χ0v) is 12.0. The van der Waals surface area contributed by atoms with Crippen molar-refractivity contribution in [2.75, 3.05) is 20.3 Å². The number of hydrogen-bond donors (Lipinski definition) is 1. The summed E-state index contributed by atoms with van der Waals surface area (Å²) < 4.78 is 45.0. The lowest BCUT2D eigenvalue weighted by Gasteiger charge is -2.15. The van der Waals surface area contributed by atoms with Crippen LogP contribution in [0.2, 0.25) is 10.0 Å². The third kappa shape index (κ3) is 5.36. The average molecular weight is 333 g/mol. The van der Waals surface area contributed by atoms with Gasteiger partial charge in [-0.1, -0.05) is 23.2 Å². The van der Waals surface area contributed by atoms with E-state index in [1.807, 2.05) is 0 Å². The summed E-state index contributed by atoms with van der Waals surface area (Å²) in [5.41, 5.74) is 0.313. The third-order valence-corrected chi connectivity index (χ3v) is 3.05. The molecule has 0 bridgehead atoms. The molecule has 1 aromatic rings. The van der Waals surface area contributed by atoms with Gasteiger partial charge in [0.25, 0.3) is 0 Å². The van der Waals surface area contributed by atoms with Crippen LogP contribution in [0.25, 0.3) is 0 Å². The quantitative estimate of drug-likeness (QED) is 0.800. The van der Waals surface area contributed by atoms with Gasteiger partial charge < -0.3 is 14.6 Å². The zero-order chi connectivity index (χ0) is 15.3. The van der Waals surface area contributed by atoms with Crippen LogP contribution in [-0.2, 0) is 4.74 Å². The maximum Gasteiger partial charge on any atom is 0.411 e. The molecule has 0 aliphatic heterocycles. The number of aliphatic hydroxyl groups excluding tert-OH is 1. The van der Waals surface area contributed by atoms with Crippen LogP contribution >= 0.6 is 23.2 Å². The number of rotatable bonds is 6. The molecule has 0 aliphatic carbocycles. The molecule has 0 aliphatic rings. The van der Waals surface area contributed by atoms with Crippen molar-refractivity contribution in [1.29, 1.82) is 0 Å². The number of methoxy groups -OCH3 is 1. The number of alkyl halides is 3. The highest BCUT2D eigenvalue weighted by atomic mass is 35.5. The molecule has 1 N–H and O–H groups in total. The maximum absolute atomic E-state index is 11.9. The van der Waals surface area contributed by atoms with Gasteiger partial charge in [0.15, 0.2) is 0 Å². The van der Waals surface area contributed by atoms with Crippen molar-refractivity contribution >= 4 is 23.2 Å². The molecular formula is C12H13Cl2F3O3. The SMILES string of the molecule is COc1cc(Cl)c(C(O)CCOCC(F)(F)F)cc1Cl. The Labute approximate surface area is 124 Å². The van der Waals surface area contributed by atoms with Gasteiger partial charge in [0, 0.05) is 24.7 Å². The van der Waals surface area contributed by atoms with E-state index in [1.165, 1.54) is 19.2 Å². The van der Waals surface area contributed by atoms with Gasteiger partial charge in [0.05, 0.1) is 23.3 Å². The normalized spacial score (nSPS) is 13.3. The first-order chi connectivity index (χ1) is 9.24. The highest BCUT2D eigenvalue weighted by molar-refractivity contribution is 6.34. The van der Waals surface area contributed by atoms with Crippen LogP contribution in [-0.4, -0.2) is 31.6 Å². The van der Waals surface area contributed by atoms with Gasteiger partial charge in [-0.05, 0) is 6.07 Å². The van der Waals surface area contributed by atoms with Crippen LogP contribution in [0.15, 0.2) is 12.1 Å². The summed E-state index contributed by atoms with van der Waals surface area (Å²) in [6.07, 6.45) is -5.48. The van der Waals surface area contributed by atoms with Gasteiger partial charge in [-0.15, -0.1) is 0 Å². The van der Waals surface area contributed by atoms with E-state index >= 15 is 0 Å². The first-order valence-corrected chi connectivity index (χ1v) is 6.35. The molecule has 1 aromatic carbocycles. The number of benzene rings is 1. The second kappa shape index (κ2) is 7.36. The summed E-state index contributed by atoms with van der Waals surface area (Å²) >= 11 is 11.8. The number of hydrogen-bond acceptors (Lipinski definition) is 3. The molecular weight excluding hydrogens is 320 g/mol. The Bertz CT molecular complexity index is 452. The van der Waals surface area contributed by atoms with Gasteiger partial charge in [-0.3, -0.25) is 0 Å². The molecule has 0 heterocycles. The Kier molecular flexibility index (Phi) is 6.39. The van der Waals surface area contributed by atoms with Crippen LogP contribution in [0, 0.1) is 0 Å². The average Bonchev–Trinajstić information content (AvgIpc) is 2.35. The minimum absolute atomic E-state index is 0.0293. The number of aliphatic hydroxyl groups is 1. The van der Waals surface area contributed by atoms with E-state index in [1.54, 1.807) is 0 Å². The Morgan fingerprint density at radius 2 is 1.90 bits per heavy atom. The molecule has 8 heteroatoms. The molecule has 0 saturated heterocycles. The molecule has 1 rings (SSSR count). The van der Waals surface area contributed by atoms with Crippen LogP contribution in [0.3, 0.4) is 0 Å². The fourth-order valence-corrected chi connectivity index (χ4v) is 2.02. The van der Waals surface area contributed by atoms with Crippen LogP contribution in [0.4, 0.5) is 13.2 Å². The molecule has 0 fully saturated rings. The molecule has 0 aromatic heterocycles. The van der Waals surface area contributed by atoms with Gasteiger partial charge in [-0.25, -0.2) is 0 Å². The Morgan fingerprint density at radius 3 is 2.45 bits per heavy atom. The molecule has 3 nitrogen and oxygen atoms in total. The first kappa shape index (κ1) is 17.4. The minimum atomic E-state index is -4.38. The van der Waals surface area contributed by atoms with Gasteiger partial charge in [-0.2, -0.15) is 13.2 Å². The van der Waals surface area contributed by atoms with Crippen molar-refractivity contribution < 1.29 is 27.8 Å². The second-order valence-electron chi connectivity index (χ2n) is 3.98. The maximum atomic E-state index is 11.9. The lowest BCUT2D eigenvalue weighted by Crippen LogP contribution is -2.18. The van der Waals surface area contributed by atoms with Gasteiger partial charge in [0.2, 0.25) is 0 Å². The summed E-state index contributed by atoms with van der Waals surface area (Å²) in [6.45, 7) is -1.60. The molecule has 1 unspecified atom stereocenters. The summed E-state index contributed by atoms with van der Waals surface area (Å²) in [7, 11) is 1.42. The molecule has 114 valence electrons. The van der Waals surface area contributed by atoms with Crippen LogP contribution in [0.5, 0.6) is 5.75 Å². The van der Waals surface area contributed by atoms with Crippen molar-refractivity contribution in [3.63, 3.8) is 0 Å². The summed E-state index contributed by atoms with van der Waals surface area (Å²) in [4.78, 5) is 0. The summed E-state index contributed by atoms with van der Waals surface area (Å²) in [5.74, 6) is 0.348. The monoisotopic (exact) mass is 332 g/mol. The number of ether oxygens (including phenoxy) is 2. The molecule has 0 amide bonds. The minimum Gasteiger partial charge on any atom is -0.495 e. The highest BCUT2D eigenvalue weighted by Gasteiger charge is 2.27. The Morgan fingerprint density at radius 1 is 1.25 bits per heavy atom. The largest absolute Gasteiger partial charge is 0.495 e. The summed E-state index contributed by atoms with van der Waals surface area (Å²) in [5, 5.41) is 10.3. The second-order valence-corrected chi connectivity index (χ2v) is 4.79. The van der Waals surface area contributed by atoms with Crippen molar-refractivity contribution in [3.05, 3.63) is 27.7 Å². The Balaban J connectivity index is 2.59. The molecule has 1 atom stereocenters. The molecule has 0 radical (unpaired) electrons. The van der Waals surface area contributed by atoms with Crippen molar-refractivity contribution in [1.82, 2.24) is 0 Å². The van der Waals surface area contributed by atoms with Crippen LogP contribution < -0.4 is 4.74 Å². The molecule has 0 saturated carbocycles. The third-order valence-electron chi connectivity index (χ3n) is 2.43. The standard InChI is InChI=1S/C12H13Cl2F3O3/c1-19-11-5-8(13)7(4-9(11)14)10(18)2-3-20-6-12(15,16)17/h4-5,10,18H,2-3,6H2,1H3. The summed E-state index contributed by atoms with van der Waals surface area (Å²) in [6, 6.07) is 2.84. The van der Waals surface area contributed by atoms with E-state index in [0.29, 0.717) is 11.3 Å². The molecule has 0 spiro atoms. The lowest BCUT2D eigenvalue weighted by molar-refractivity contribution is -0.175. The van der Waals surface area contributed by atoms with E-state index < -0.39 is 18.9 Å². The highest BCUT2D eigenvalue weighted by Crippen LogP contribution is 2.34. The van der Waals surface area contributed by atoms with E-state index in [-0.39, 0.29) is 23.1 Å². The predicted octanol–water partition coefficient (Wildman–Crippen LogP) is 4.00.